The Kier molecular flexibility index (Phi) is 27.9. The fourth-order valence-electron chi connectivity index (χ4n) is 4.82. The van der Waals surface area contributed by atoms with Crippen molar-refractivity contribution in [2.24, 2.45) is 0 Å². The van der Waals surface area contributed by atoms with Crippen LogP contribution in [0, 0.1) is 0 Å². The van der Waals surface area contributed by atoms with Gasteiger partial charge in [-0.15, -0.1) is 0 Å². The monoisotopic (exact) mass is 676 g/mol. The SMILES string of the molecule is CC/C=C\C/C=C\C/C=C\C/C=C\C/C=C\C/C=C\CCCCCCCOCC(COC1OC(CO)C(O)C(O)C1O)OC(=O)CCC. The first kappa shape index (κ1) is 43.7. The highest BCUT2D eigenvalue weighted by atomic mass is 16.7. The molecule has 1 aliphatic rings. The molecular formula is C39H64O9. The van der Waals surface area contributed by atoms with Crippen LogP contribution in [0.3, 0.4) is 0 Å². The van der Waals surface area contributed by atoms with Gasteiger partial charge in [-0.3, -0.25) is 4.79 Å². The molecule has 274 valence electrons. The van der Waals surface area contributed by atoms with Crippen LogP contribution in [0.4, 0.5) is 0 Å². The summed E-state index contributed by atoms with van der Waals surface area (Å²) in [5.41, 5.74) is 0. The first-order valence-electron chi connectivity index (χ1n) is 18.0. The van der Waals surface area contributed by atoms with Crippen molar-refractivity contribution in [2.75, 3.05) is 26.4 Å². The predicted octanol–water partition coefficient (Wildman–Crippen LogP) is 6.57. The van der Waals surface area contributed by atoms with E-state index in [1.165, 1.54) is 0 Å². The summed E-state index contributed by atoms with van der Waals surface area (Å²) in [7, 11) is 0. The standard InChI is InChI=1S/C39H64O9/c1-3-5-6-7-8-9-10-11-12-13-14-15-16-17-18-19-20-21-22-23-24-25-26-27-29-45-31-33(47-35(41)28-4-2)32-46-39-38(44)37(43)36(42)34(30-40)48-39/h5-6,8-9,11-12,14-15,17-18,20-21,33-34,36-40,42-44H,3-4,7,10,13,16,19,22-32H2,1-2H3/b6-5-,9-8-,12-11-,15-14-,18-17-,21-20-. The Morgan fingerprint density at radius 2 is 1.23 bits per heavy atom. The Morgan fingerprint density at radius 1 is 0.688 bits per heavy atom. The van der Waals surface area contributed by atoms with E-state index in [0.717, 1.165) is 77.0 Å². The van der Waals surface area contributed by atoms with Crippen LogP contribution in [0.15, 0.2) is 72.9 Å². The largest absolute Gasteiger partial charge is 0.457 e. The fourth-order valence-corrected chi connectivity index (χ4v) is 4.82. The third-order valence-corrected chi connectivity index (χ3v) is 7.61. The average Bonchev–Trinajstić information content (AvgIpc) is 3.08. The number of hydrogen-bond acceptors (Lipinski definition) is 9. The molecule has 0 aromatic carbocycles. The molecule has 0 amide bonds. The Bertz CT molecular complexity index is 953. The van der Waals surface area contributed by atoms with E-state index in [9.17, 15) is 25.2 Å². The molecule has 1 fully saturated rings. The van der Waals surface area contributed by atoms with E-state index in [1.807, 2.05) is 6.92 Å². The van der Waals surface area contributed by atoms with Crippen LogP contribution in [-0.4, -0.2) is 89.6 Å². The lowest BCUT2D eigenvalue weighted by Gasteiger charge is -2.39. The molecule has 1 saturated heterocycles. The van der Waals surface area contributed by atoms with Gasteiger partial charge in [-0.2, -0.15) is 0 Å². The van der Waals surface area contributed by atoms with Crippen LogP contribution in [0.25, 0.3) is 0 Å². The molecule has 9 heteroatoms. The number of aliphatic hydroxyl groups excluding tert-OH is 4. The minimum Gasteiger partial charge on any atom is -0.457 e. The molecule has 0 aliphatic carbocycles. The van der Waals surface area contributed by atoms with Crippen molar-refractivity contribution >= 4 is 5.97 Å². The normalized spacial score (nSPS) is 22.8. The molecule has 1 rings (SSSR count). The fraction of sp³-hybridized carbons (Fsp3) is 0.667. The number of ether oxygens (including phenoxy) is 4. The lowest BCUT2D eigenvalue weighted by atomic mass is 9.99. The predicted molar refractivity (Wildman–Crippen MR) is 191 cm³/mol. The third kappa shape index (κ3) is 22.3. The van der Waals surface area contributed by atoms with Gasteiger partial charge < -0.3 is 39.4 Å². The van der Waals surface area contributed by atoms with Crippen molar-refractivity contribution in [3.63, 3.8) is 0 Å². The molecule has 0 bridgehead atoms. The van der Waals surface area contributed by atoms with E-state index in [4.69, 9.17) is 18.9 Å². The van der Waals surface area contributed by atoms with Gasteiger partial charge in [0.1, 0.15) is 30.5 Å². The average molecular weight is 677 g/mol. The summed E-state index contributed by atoms with van der Waals surface area (Å²) in [4.78, 5) is 12.1. The molecule has 48 heavy (non-hydrogen) atoms. The smallest absolute Gasteiger partial charge is 0.306 e. The van der Waals surface area contributed by atoms with Crippen LogP contribution in [-0.2, 0) is 23.7 Å². The zero-order valence-electron chi connectivity index (χ0n) is 29.5. The van der Waals surface area contributed by atoms with E-state index in [1.54, 1.807) is 0 Å². The van der Waals surface area contributed by atoms with E-state index in [-0.39, 0.29) is 25.6 Å². The van der Waals surface area contributed by atoms with E-state index < -0.39 is 43.4 Å². The lowest BCUT2D eigenvalue weighted by Crippen LogP contribution is -2.59. The molecule has 0 aromatic rings. The highest BCUT2D eigenvalue weighted by Gasteiger charge is 2.44. The van der Waals surface area contributed by atoms with Crippen molar-refractivity contribution in [3.8, 4) is 0 Å². The minimum atomic E-state index is -1.54. The summed E-state index contributed by atoms with van der Waals surface area (Å²) in [5.74, 6) is -0.379. The molecule has 9 nitrogen and oxygen atoms in total. The quantitative estimate of drug-likeness (QED) is 0.0412. The van der Waals surface area contributed by atoms with Gasteiger partial charge >= 0.3 is 5.97 Å². The molecule has 1 aliphatic heterocycles. The van der Waals surface area contributed by atoms with Gasteiger partial charge in [-0.05, 0) is 64.2 Å². The summed E-state index contributed by atoms with van der Waals surface area (Å²) < 4.78 is 22.2. The highest BCUT2D eigenvalue weighted by Crippen LogP contribution is 2.22. The molecule has 4 N–H and O–H groups in total. The summed E-state index contributed by atoms with van der Waals surface area (Å²) >= 11 is 0. The maximum absolute atomic E-state index is 12.1. The van der Waals surface area contributed by atoms with Crippen molar-refractivity contribution < 1.29 is 44.2 Å². The van der Waals surface area contributed by atoms with Gasteiger partial charge in [0.25, 0.3) is 0 Å². The summed E-state index contributed by atoms with van der Waals surface area (Å²) in [6.45, 7) is 3.99. The molecule has 6 atom stereocenters. The zero-order valence-corrected chi connectivity index (χ0v) is 29.5. The van der Waals surface area contributed by atoms with Gasteiger partial charge in [0.15, 0.2) is 6.29 Å². The second kappa shape index (κ2) is 30.7. The van der Waals surface area contributed by atoms with Crippen molar-refractivity contribution in [3.05, 3.63) is 72.9 Å². The maximum atomic E-state index is 12.1. The van der Waals surface area contributed by atoms with Gasteiger partial charge in [-0.25, -0.2) is 0 Å². The summed E-state index contributed by atoms with van der Waals surface area (Å²) in [6.07, 6.45) is 32.4. The maximum Gasteiger partial charge on any atom is 0.306 e. The van der Waals surface area contributed by atoms with Crippen LogP contribution >= 0.6 is 0 Å². The van der Waals surface area contributed by atoms with E-state index >= 15 is 0 Å². The van der Waals surface area contributed by atoms with Crippen LogP contribution < -0.4 is 0 Å². The number of hydrogen-bond donors (Lipinski definition) is 4. The molecule has 0 aromatic heterocycles. The topological polar surface area (TPSA) is 135 Å². The summed E-state index contributed by atoms with van der Waals surface area (Å²) in [5, 5.41) is 39.5. The Labute approximate surface area is 289 Å². The number of unbranched alkanes of at least 4 members (excludes halogenated alkanes) is 5. The molecule has 0 radical (unpaired) electrons. The minimum absolute atomic E-state index is 0.121. The van der Waals surface area contributed by atoms with Crippen LogP contribution in [0.1, 0.15) is 104 Å². The van der Waals surface area contributed by atoms with Crippen molar-refractivity contribution in [1.82, 2.24) is 0 Å². The second-order valence-corrected chi connectivity index (χ2v) is 11.9. The van der Waals surface area contributed by atoms with E-state index in [2.05, 4.69) is 79.8 Å². The van der Waals surface area contributed by atoms with E-state index in [0.29, 0.717) is 13.0 Å². The molecular weight excluding hydrogens is 612 g/mol. The zero-order chi connectivity index (χ0) is 35.1. The highest BCUT2D eigenvalue weighted by molar-refractivity contribution is 5.69. The van der Waals surface area contributed by atoms with Gasteiger partial charge in [0, 0.05) is 13.0 Å². The lowest BCUT2D eigenvalue weighted by molar-refractivity contribution is -0.305. The van der Waals surface area contributed by atoms with Crippen molar-refractivity contribution in [1.29, 1.82) is 0 Å². The number of carbonyl (C=O) groups excluding carboxylic acids is 1. The number of rotatable bonds is 28. The van der Waals surface area contributed by atoms with Crippen LogP contribution in [0.5, 0.6) is 0 Å². The Hall–Kier alpha value is -2.37. The molecule has 6 unspecified atom stereocenters. The molecule has 0 saturated carbocycles. The first-order chi connectivity index (χ1) is 23.4. The second-order valence-electron chi connectivity index (χ2n) is 11.9. The number of carbonyl (C=O) groups is 1. The number of aliphatic hydroxyl groups is 4. The molecule has 1 heterocycles. The summed E-state index contributed by atoms with van der Waals surface area (Å²) in [6, 6.07) is 0. The Balaban J connectivity index is 2.11. The number of esters is 1. The molecule has 0 spiro atoms. The Morgan fingerprint density at radius 3 is 1.79 bits per heavy atom. The van der Waals surface area contributed by atoms with Gasteiger partial charge in [0.05, 0.1) is 19.8 Å². The van der Waals surface area contributed by atoms with Gasteiger partial charge in [0.2, 0.25) is 0 Å². The third-order valence-electron chi connectivity index (χ3n) is 7.61. The van der Waals surface area contributed by atoms with Gasteiger partial charge in [-0.1, -0.05) is 106 Å². The number of allylic oxidation sites excluding steroid dienone is 12. The van der Waals surface area contributed by atoms with Crippen molar-refractivity contribution in [2.45, 2.75) is 141 Å². The first-order valence-corrected chi connectivity index (χ1v) is 18.0. The van der Waals surface area contributed by atoms with Crippen LogP contribution in [0.2, 0.25) is 0 Å².